The zero-order valence-electron chi connectivity index (χ0n) is 28.4. The van der Waals surface area contributed by atoms with Crippen LogP contribution in [-0.4, -0.2) is 23.7 Å². The second kappa shape index (κ2) is 13.0. The Labute approximate surface area is 310 Å². The van der Waals surface area contributed by atoms with Crippen molar-refractivity contribution in [3.63, 3.8) is 0 Å². The molecule has 0 saturated heterocycles. The molecule has 5 nitrogen and oxygen atoms in total. The Balaban J connectivity index is 1.11. The monoisotopic (exact) mass is 695 g/mol. The summed E-state index contributed by atoms with van der Waals surface area (Å²) in [5, 5.41) is 3.21. The van der Waals surface area contributed by atoms with E-state index in [-0.39, 0.29) is 0 Å². The fraction of sp³-hybridized carbons (Fsp3) is 0. The van der Waals surface area contributed by atoms with Crippen molar-refractivity contribution in [3.8, 4) is 67.4 Å². The molecule has 248 valence electrons. The van der Waals surface area contributed by atoms with E-state index < -0.39 is 0 Å². The molecule has 0 saturated carbocycles. The number of fused-ring (bicyclic) bond motifs is 5. The largest absolute Gasteiger partial charge is 0.247 e. The van der Waals surface area contributed by atoms with Crippen molar-refractivity contribution in [3.05, 3.63) is 176 Å². The third-order valence-corrected chi connectivity index (χ3v) is 10.3. The van der Waals surface area contributed by atoms with E-state index in [4.69, 9.17) is 23.7 Å². The lowest BCUT2D eigenvalue weighted by Crippen LogP contribution is -1.96. The molecule has 0 radical (unpaired) electrons. The van der Waals surface area contributed by atoms with Crippen LogP contribution in [0.15, 0.2) is 176 Å². The van der Waals surface area contributed by atoms with E-state index in [2.05, 4.69) is 140 Å². The Hall–Kier alpha value is -6.89. The van der Waals surface area contributed by atoms with Gasteiger partial charge < -0.3 is 0 Å². The molecule has 0 aliphatic rings. The van der Waals surface area contributed by atoms with E-state index >= 15 is 0 Å². The van der Waals surface area contributed by atoms with E-state index in [1.807, 2.05) is 36.4 Å². The summed E-state index contributed by atoms with van der Waals surface area (Å²) < 4.78 is 9.72. The van der Waals surface area contributed by atoms with Gasteiger partial charge in [0.2, 0.25) is 0 Å². The van der Waals surface area contributed by atoms with Crippen LogP contribution < -0.4 is 0 Å². The summed E-state index contributed by atoms with van der Waals surface area (Å²) in [6.45, 7) is 0. The third kappa shape index (κ3) is 5.62. The van der Waals surface area contributed by atoms with Crippen LogP contribution in [0.2, 0.25) is 0 Å². The quantitative estimate of drug-likeness (QED) is 0.162. The number of hydrogen-bond acceptors (Lipinski definition) is 6. The maximum absolute atomic E-state index is 5.18. The Kier molecular flexibility index (Phi) is 7.59. The maximum atomic E-state index is 5.18. The average molecular weight is 696 g/mol. The maximum Gasteiger partial charge on any atom is 0.160 e. The Morgan fingerprint density at radius 1 is 0.358 bits per heavy atom. The van der Waals surface area contributed by atoms with Crippen LogP contribution in [0.3, 0.4) is 0 Å². The number of hydrogen-bond donors (Lipinski definition) is 0. The lowest BCUT2D eigenvalue weighted by atomic mass is 9.93. The Morgan fingerprint density at radius 2 is 0.925 bits per heavy atom. The molecule has 0 bridgehead atoms. The molecule has 0 fully saturated rings. The number of nitrogens with zero attached hydrogens (tertiary/aromatic N) is 5. The van der Waals surface area contributed by atoms with E-state index in [0.29, 0.717) is 5.82 Å². The molecule has 10 aromatic rings. The highest BCUT2D eigenvalue weighted by atomic mass is 32.1. The summed E-state index contributed by atoms with van der Waals surface area (Å²) in [5.74, 6) is 0.682. The molecule has 7 aromatic carbocycles. The van der Waals surface area contributed by atoms with Crippen molar-refractivity contribution < 1.29 is 0 Å². The number of benzene rings is 7. The predicted octanol–water partition coefficient (Wildman–Crippen LogP) is 12.2. The van der Waals surface area contributed by atoms with Crippen molar-refractivity contribution in [2.24, 2.45) is 0 Å². The van der Waals surface area contributed by atoms with Gasteiger partial charge in [-0.3, -0.25) is 0 Å². The number of aromatic nitrogens is 5. The van der Waals surface area contributed by atoms with Gasteiger partial charge in [-0.1, -0.05) is 152 Å². The van der Waals surface area contributed by atoms with Crippen LogP contribution in [-0.2, 0) is 0 Å². The van der Waals surface area contributed by atoms with Crippen LogP contribution in [0.4, 0.5) is 0 Å². The predicted molar refractivity (Wildman–Crippen MR) is 218 cm³/mol. The minimum Gasteiger partial charge on any atom is -0.247 e. The standard InChI is InChI=1S/C47H29N5S/c1-4-13-30(14-5-1)35-19-12-20-36(27-35)47-49-41(32-15-6-2-7-16-32)29-42(50-47)33-25-23-31(24-26-33)38-28-39-43(46-45(38)51-53-52-46)37-21-10-11-22-40(37)48-44(39)34-17-8-3-9-18-34/h1-29H. The lowest BCUT2D eigenvalue weighted by molar-refractivity contribution is 1.18. The Morgan fingerprint density at radius 3 is 1.66 bits per heavy atom. The second-order valence-electron chi connectivity index (χ2n) is 13.0. The minimum absolute atomic E-state index is 0.682. The van der Waals surface area contributed by atoms with Crippen LogP contribution in [0, 0.1) is 0 Å². The molecule has 0 aliphatic heterocycles. The average Bonchev–Trinajstić information content (AvgIpc) is 3.74. The van der Waals surface area contributed by atoms with E-state index in [1.165, 1.54) is 11.7 Å². The van der Waals surface area contributed by atoms with E-state index in [1.54, 1.807) is 0 Å². The van der Waals surface area contributed by atoms with Gasteiger partial charge in [-0.2, -0.15) is 8.75 Å². The van der Waals surface area contributed by atoms with Gasteiger partial charge in [0.15, 0.2) is 5.82 Å². The van der Waals surface area contributed by atoms with Crippen LogP contribution in [0.25, 0.3) is 100 Å². The molecule has 3 aromatic heterocycles. The topological polar surface area (TPSA) is 64.5 Å². The van der Waals surface area contributed by atoms with Crippen molar-refractivity contribution in [1.29, 1.82) is 0 Å². The molecule has 53 heavy (non-hydrogen) atoms. The zero-order chi connectivity index (χ0) is 35.1. The molecule has 0 aliphatic carbocycles. The molecular formula is C47H29N5S. The van der Waals surface area contributed by atoms with Crippen molar-refractivity contribution in [2.75, 3.05) is 0 Å². The van der Waals surface area contributed by atoms with Gasteiger partial charge in [0.25, 0.3) is 0 Å². The summed E-state index contributed by atoms with van der Waals surface area (Å²) in [5.41, 5.74) is 13.8. The highest BCUT2D eigenvalue weighted by Gasteiger charge is 2.19. The molecule has 0 amide bonds. The Bertz CT molecular complexity index is 2930. The fourth-order valence-corrected chi connectivity index (χ4v) is 7.74. The highest BCUT2D eigenvalue weighted by Crippen LogP contribution is 2.41. The van der Waals surface area contributed by atoms with Gasteiger partial charge >= 0.3 is 0 Å². The van der Waals surface area contributed by atoms with Gasteiger partial charge in [0.05, 0.1) is 34.3 Å². The lowest BCUT2D eigenvalue weighted by Gasteiger charge is -2.13. The molecule has 0 unspecified atom stereocenters. The third-order valence-electron chi connectivity index (χ3n) is 9.76. The summed E-state index contributed by atoms with van der Waals surface area (Å²) in [6.07, 6.45) is 0. The smallest absolute Gasteiger partial charge is 0.160 e. The summed E-state index contributed by atoms with van der Waals surface area (Å²) in [6, 6.07) is 60.8. The first kappa shape index (κ1) is 30.9. The summed E-state index contributed by atoms with van der Waals surface area (Å²) in [4.78, 5) is 15.4. The summed E-state index contributed by atoms with van der Waals surface area (Å²) >= 11 is 1.25. The zero-order valence-corrected chi connectivity index (χ0v) is 29.2. The van der Waals surface area contributed by atoms with Crippen LogP contribution in [0.1, 0.15) is 0 Å². The first-order valence-corrected chi connectivity index (χ1v) is 18.2. The number of para-hydroxylation sites is 1. The first-order chi connectivity index (χ1) is 26.3. The minimum atomic E-state index is 0.682. The van der Waals surface area contributed by atoms with Gasteiger partial charge in [0, 0.05) is 44.0 Å². The SMILES string of the molecule is c1ccc(-c2cccc(-c3nc(-c4ccccc4)cc(-c4ccc(-c5cc6c(-c7ccccc7)nc7ccccc7c6c6nsnc56)cc4)n3)c2)cc1. The summed E-state index contributed by atoms with van der Waals surface area (Å²) in [7, 11) is 0. The molecular weight excluding hydrogens is 667 g/mol. The molecule has 0 spiro atoms. The van der Waals surface area contributed by atoms with Crippen molar-refractivity contribution in [2.45, 2.75) is 0 Å². The molecule has 3 heterocycles. The fourth-order valence-electron chi connectivity index (χ4n) is 7.17. The van der Waals surface area contributed by atoms with Gasteiger partial charge in [0.1, 0.15) is 11.0 Å². The highest BCUT2D eigenvalue weighted by molar-refractivity contribution is 7.00. The van der Waals surface area contributed by atoms with E-state index in [9.17, 15) is 0 Å². The molecule has 6 heteroatoms. The molecule has 0 N–H and O–H groups in total. The normalized spacial score (nSPS) is 11.4. The molecule has 10 rings (SSSR count). The van der Waals surface area contributed by atoms with Crippen molar-refractivity contribution >= 4 is 44.4 Å². The number of rotatable bonds is 6. The first-order valence-electron chi connectivity index (χ1n) is 17.5. The van der Waals surface area contributed by atoms with Crippen molar-refractivity contribution in [1.82, 2.24) is 23.7 Å². The van der Waals surface area contributed by atoms with Crippen LogP contribution >= 0.6 is 11.7 Å². The van der Waals surface area contributed by atoms with Gasteiger partial charge in [-0.05, 0) is 41.0 Å². The van der Waals surface area contributed by atoms with Crippen LogP contribution in [0.5, 0.6) is 0 Å². The van der Waals surface area contributed by atoms with Gasteiger partial charge in [-0.25, -0.2) is 15.0 Å². The van der Waals surface area contributed by atoms with Gasteiger partial charge in [-0.15, -0.1) is 0 Å². The second-order valence-corrected chi connectivity index (χ2v) is 13.5. The van der Waals surface area contributed by atoms with E-state index in [0.717, 1.165) is 94.3 Å². The number of pyridine rings is 1. The molecule has 0 atom stereocenters.